The van der Waals surface area contributed by atoms with Crippen LogP contribution < -0.4 is 0 Å². The summed E-state index contributed by atoms with van der Waals surface area (Å²) >= 11 is 5.44. The smallest absolute Gasteiger partial charge is 0.114 e. The van der Waals surface area contributed by atoms with Gasteiger partial charge in [-0.15, -0.1) is 22.7 Å². The fraction of sp³-hybridized carbons (Fsp3) is 0.583. The third-order valence-electron chi connectivity index (χ3n) is 18.4. The van der Waals surface area contributed by atoms with E-state index in [2.05, 4.69) is 135 Å². The Morgan fingerprint density at radius 3 is 1.55 bits per heavy atom. The average molecular weight is 1090 g/mol. The molecule has 0 radical (unpaired) electrons. The summed E-state index contributed by atoms with van der Waals surface area (Å²) in [5.74, 6) is 0.510. The van der Waals surface area contributed by atoms with Crippen LogP contribution in [0, 0.1) is 0 Å². The number of aromatic nitrogens is 2. The number of nitrogens with zero attached hydrogens (tertiary/aromatic N) is 2. The number of fused-ring (bicyclic) bond motifs is 6. The standard InChI is InChI=1S/C72H100N2S3/c1-10-16-20-24-28-32-38-53-49-64(59-44-45-60(68-67(59)73-77-74-68)65-50-55(39-33-29-25-21-17-11-2)70(76-65)71(8,9)15-6)75-69(53)54-42-43-58-62(48-54)72(46-36-30-26-22-18-12-3,47-37-31-27-23-19-13-4)63-51-61(52(7)14-5)56-40-34-35-41-57(56)66(58)63/h34-35,40-45,48-52H,10-33,36-39,46-47H2,1-9H3. The lowest BCUT2D eigenvalue weighted by Gasteiger charge is -2.34. The van der Waals surface area contributed by atoms with Crippen molar-refractivity contribution < 1.29 is 0 Å². The van der Waals surface area contributed by atoms with Crippen LogP contribution in [0.5, 0.6) is 0 Å². The van der Waals surface area contributed by atoms with E-state index in [1.54, 1.807) is 27.1 Å². The highest BCUT2D eigenvalue weighted by Gasteiger charge is 2.44. The van der Waals surface area contributed by atoms with Gasteiger partial charge in [-0.2, -0.15) is 8.75 Å². The Bertz CT molecular complexity index is 2910. The zero-order chi connectivity index (χ0) is 54.2. The zero-order valence-electron chi connectivity index (χ0n) is 49.8. The summed E-state index contributed by atoms with van der Waals surface area (Å²) in [4.78, 5) is 5.73. The van der Waals surface area contributed by atoms with E-state index in [0.29, 0.717) is 5.92 Å². The molecule has 0 N–H and O–H groups in total. The van der Waals surface area contributed by atoms with Gasteiger partial charge in [0, 0.05) is 36.1 Å². The monoisotopic (exact) mass is 1090 g/mol. The lowest BCUT2D eigenvalue weighted by atomic mass is 9.69. The van der Waals surface area contributed by atoms with Crippen LogP contribution >= 0.6 is 34.4 Å². The SMILES string of the molecule is CCCCCCCCc1cc(-c2ccc(-c3cc(CCCCCCCC)c(C(C)(C)CC)s3)c3nsnc23)sc1-c1ccc2c(c1)C(CCCCCCCC)(CCCCCCCC)c1cc(C(C)CC)c3ccccc3c1-2. The summed E-state index contributed by atoms with van der Waals surface area (Å²) < 4.78 is 10.3. The Labute approximate surface area is 481 Å². The minimum atomic E-state index is -0.00127. The van der Waals surface area contributed by atoms with Gasteiger partial charge in [-0.3, -0.25) is 0 Å². The Balaban J connectivity index is 1.23. The molecule has 2 nitrogen and oxygen atoms in total. The van der Waals surface area contributed by atoms with E-state index in [0.717, 1.165) is 30.3 Å². The fourth-order valence-corrected chi connectivity index (χ4v) is 16.4. The molecule has 7 aromatic rings. The first-order valence-electron chi connectivity index (χ1n) is 31.9. The molecule has 1 aliphatic rings. The summed E-state index contributed by atoms with van der Waals surface area (Å²) in [6.45, 7) is 21.5. The van der Waals surface area contributed by atoms with E-state index in [-0.39, 0.29) is 10.8 Å². The van der Waals surface area contributed by atoms with Crippen LogP contribution in [0.4, 0.5) is 0 Å². The number of aryl methyl sites for hydroxylation is 2. The highest BCUT2D eigenvalue weighted by atomic mass is 32.1. The molecule has 77 heavy (non-hydrogen) atoms. The van der Waals surface area contributed by atoms with Crippen LogP contribution in [-0.4, -0.2) is 8.75 Å². The van der Waals surface area contributed by atoms with Gasteiger partial charge in [0.1, 0.15) is 11.0 Å². The first-order chi connectivity index (χ1) is 37.6. The first kappa shape index (κ1) is 59.5. The topological polar surface area (TPSA) is 25.8 Å². The molecule has 0 saturated carbocycles. The summed E-state index contributed by atoms with van der Waals surface area (Å²) in [5.41, 5.74) is 17.1. The highest BCUT2D eigenvalue weighted by Crippen LogP contribution is 2.58. The minimum Gasteiger partial charge on any atom is -0.172 e. The van der Waals surface area contributed by atoms with Crippen molar-refractivity contribution in [3.8, 4) is 42.4 Å². The lowest BCUT2D eigenvalue weighted by Crippen LogP contribution is -2.26. The first-order valence-corrected chi connectivity index (χ1v) is 34.2. The molecule has 4 aromatic carbocycles. The normalized spacial score (nSPS) is 13.6. The molecule has 0 aliphatic heterocycles. The Morgan fingerprint density at radius 1 is 0.494 bits per heavy atom. The maximum Gasteiger partial charge on any atom is 0.114 e. The molecule has 0 spiro atoms. The molecule has 5 heteroatoms. The molecular weight excluding hydrogens is 989 g/mol. The van der Waals surface area contributed by atoms with E-state index < -0.39 is 0 Å². The van der Waals surface area contributed by atoms with E-state index in [1.165, 1.54) is 244 Å². The summed E-state index contributed by atoms with van der Waals surface area (Å²) in [6, 6.07) is 30.0. The molecule has 0 fully saturated rings. The van der Waals surface area contributed by atoms with Gasteiger partial charge in [0.15, 0.2) is 0 Å². The molecule has 0 saturated heterocycles. The molecule has 3 heterocycles. The third-order valence-corrected chi connectivity index (χ3v) is 21.7. The van der Waals surface area contributed by atoms with Gasteiger partial charge in [-0.05, 0) is 136 Å². The van der Waals surface area contributed by atoms with E-state index in [1.807, 2.05) is 22.7 Å². The fourth-order valence-electron chi connectivity index (χ4n) is 13.1. The van der Waals surface area contributed by atoms with Crippen LogP contribution in [0.3, 0.4) is 0 Å². The second-order valence-electron chi connectivity index (χ2n) is 24.4. The third kappa shape index (κ3) is 13.9. The van der Waals surface area contributed by atoms with E-state index in [9.17, 15) is 0 Å². The van der Waals surface area contributed by atoms with Gasteiger partial charge in [0.05, 0.1) is 11.7 Å². The Kier molecular flexibility index (Phi) is 22.5. The molecule has 1 aliphatic carbocycles. The van der Waals surface area contributed by atoms with Crippen molar-refractivity contribution in [3.63, 3.8) is 0 Å². The van der Waals surface area contributed by atoms with Gasteiger partial charge in [0.25, 0.3) is 0 Å². The number of thiophene rings is 2. The highest BCUT2D eigenvalue weighted by molar-refractivity contribution is 7.19. The van der Waals surface area contributed by atoms with Crippen molar-refractivity contribution in [2.75, 3.05) is 0 Å². The van der Waals surface area contributed by atoms with Crippen molar-refractivity contribution in [1.29, 1.82) is 0 Å². The van der Waals surface area contributed by atoms with E-state index in [4.69, 9.17) is 8.75 Å². The Hall–Kier alpha value is -3.64. The number of benzene rings is 4. The van der Waals surface area contributed by atoms with Crippen LogP contribution in [0.25, 0.3) is 64.3 Å². The molecule has 3 aromatic heterocycles. The predicted molar refractivity (Wildman–Crippen MR) is 345 cm³/mol. The van der Waals surface area contributed by atoms with Crippen LogP contribution in [-0.2, 0) is 23.7 Å². The van der Waals surface area contributed by atoms with E-state index >= 15 is 0 Å². The number of rotatable bonds is 35. The molecule has 1 atom stereocenters. The number of unbranched alkanes of at least 4 members (excludes halogenated alkanes) is 20. The molecule has 416 valence electrons. The lowest BCUT2D eigenvalue weighted by molar-refractivity contribution is 0.397. The Morgan fingerprint density at radius 2 is 0.987 bits per heavy atom. The summed E-state index contributed by atoms with van der Waals surface area (Å²) in [6.07, 6.45) is 38.8. The van der Waals surface area contributed by atoms with Crippen molar-refractivity contribution in [1.82, 2.24) is 8.75 Å². The average Bonchev–Trinajstić information content (AvgIpc) is 4.34. The minimum absolute atomic E-state index is 0.00127. The largest absolute Gasteiger partial charge is 0.172 e. The maximum atomic E-state index is 5.16. The van der Waals surface area contributed by atoms with Crippen molar-refractivity contribution in [2.45, 2.75) is 272 Å². The summed E-state index contributed by atoms with van der Waals surface area (Å²) in [5, 5.41) is 2.93. The second-order valence-corrected chi connectivity index (χ2v) is 27.1. The van der Waals surface area contributed by atoms with Gasteiger partial charge in [-0.25, -0.2) is 0 Å². The number of hydrogen-bond donors (Lipinski definition) is 0. The van der Waals surface area contributed by atoms with Crippen LogP contribution in [0.1, 0.15) is 281 Å². The summed E-state index contributed by atoms with van der Waals surface area (Å²) in [7, 11) is 0. The van der Waals surface area contributed by atoms with Crippen LogP contribution in [0.15, 0.2) is 72.8 Å². The zero-order valence-corrected chi connectivity index (χ0v) is 52.3. The van der Waals surface area contributed by atoms with Gasteiger partial charge in [-0.1, -0.05) is 258 Å². The quantitative estimate of drug-likeness (QED) is 0.0370. The molecule has 1 unspecified atom stereocenters. The van der Waals surface area contributed by atoms with Gasteiger partial charge in [0.2, 0.25) is 0 Å². The maximum absolute atomic E-state index is 5.16. The van der Waals surface area contributed by atoms with Crippen molar-refractivity contribution >= 4 is 56.2 Å². The second kappa shape index (κ2) is 29.2. The number of hydrogen-bond acceptors (Lipinski definition) is 5. The van der Waals surface area contributed by atoms with Crippen molar-refractivity contribution in [2.24, 2.45) is 0 Å². The van der Waals surface area contributed by atoms with Crippen LogP contribution in [0.2, 0.25) is 0 Å². The van der Waals surface area contributed by atoms with Crippen molar-refractivity contribution in [3.05, 3.63) is 105 Å². The molecule has 0 bridgehead atoms. The molecular formula is C72H100N2S3. The molecule has 0 amide bonds. The van der Waals surface area contributed by atoms with Gasteiger partial charge < -0.3 is 0 Å². The van der Waals surface area contributed by atoms with Gasteiger partial charge >= 0.3 is 0 Å². The molecule has 8 rings (SSSR count). The predicted octanol–water partition coefficient (Wildman–Crippen LogP) is 24.7.